The summed E-state index contributed by atoms with van der Waals surface area (Å²) in [6.45, 7) is 0.982. The summed E-state index contributed by atoms with van der Waals surface area (Å²) >= 11 is 6.42. The first-order chi connectivity index (χ1) is 21.1. The van der Waals surface area contributed by atoms with Crippen molar-refractivity contribution >= 4 is 34.9 Å². The summed E-state index contributed by atoms with van der Waals surface area (Å²) in [5.74, 6) is -1.94. The van der Waals surface area contributed by atoms with E-state index in [0.717, 1.165) is 17.4 Å². The largest absolute Gasteiger partial charge is 0.497 e. The number of carbonyl (C=O) groups is 2. The highest BCUT2D eigenvalue weighted by molar-refractivity contribution is 6.32. The number of amides is 1. The van der Waals surface area contributed by atoms with Gasteiger partial charge in [-0.25, -0.2) is 18.9 Å². The number of hydrogen-bond donors (Lipinski definition) is 4. The molecule has 0 radical (unpaired) electrons. The van der Waals surface area contributed by atoms with Crippen molar-refractivity contribution in [3.8, 4) is 17.0 Å². The van der Waals surface area contributed by atoms with Crippen LogP contribution >= 0.6 is 11.6 Å². The van der Waals surface area contributed by atoms with Crippen molar-refractivity contribution in [2.24, 2.45) is 5.92 Å². The van der Waals surface area contributed by atoms with Gasteiger partial charge in [0.1, 0.15) is 29.5 Å². The number of aliphatic hydroxyl groups excluding tert-OH is 1. The molecule has 3 heterocycles. The first-order valence-electron chi connectivity index (χ1n) is 14.0. The van der Waals surface area contributed by atoms with Crippen LogP contribution in [0.25, 0.3) is 16.8 Å². The molecule has 1 saturated carbocycles. The van der Waals surface area contributed by atoms with Crippen LogP contribution in [-0.4, -0.2) is 66.0 Å². The second-order valence-electron chi connectivity index (χ2n) is 10.7. The van der Waals surface area contributed by atoms with Crippen LogP contribution in [0.5, 0.6) is 5.75 Å². The number of aromatic nitrogens is 5. The molecule has 1 amide bonds. The second-order valence-corrected chi connectivity index (χ2v) is 11.1. The Balaban J connectivity index is 1.37. The Labute approximate surface area is 255 Å². The number of rotatable bonds is 10. The molecule has 1 fully saturated rings. The van der Waals surface area contributed by atoms with Crippen LogP contribution in [0.1, 0.15) is 50.3 Å². The summed E-state index contributed by atoms with van der Waals surface area (Å²) in [7, 11) is 1.37. The quantitative estimate of drug-likeness (QED) is 0.204. The third-order valence-electron chi connectivity index (χ3n) is 7.76. The van der Waals surface area contributed by atoms with E-state index in [0.29, 0.717) is 29.7 Å². The van der Waals surface area contributed by atoms with Crippen molar-refractivity contribution in [3.63, 3.8) is 0 Å². The number of methoxy groups -OCH3 is 1. The molecular weight excluding hydrogens is 597 g/mol. The summed E-state index contributed by atoms with van der Waals surface area (Å²) in [5.41, 5.74) is 0.743. The van der Waals surface area contributed by atoms with Crippen molar-refractivity contribution in [2.75, 3.05) is 19.0 Å². The molecule has 5 rings (SSSR count). The number of halogens is 2. The molecule has 1 unspecified atom stereocenters. The fourth-order valence-electron chi connectivity index (χ4n) is 5.33. The molecule has 0 spiro atoms. The minimum Gasteiger partial charge on any atom is -0.497 e. The minimum atomic E-state index is -1.04. The number of carboxylic acid groups (broad SMARTS) is 1. The van der Waals surface area contributed by atoms with Gasteiger partial charge in [-0.2, -0.15) is 5.10 Å². The zero-order valence-electron chi connectivity index (χ0n) is 23.9. The predicted octanol–water partition coefficient (Wildman–Crippen LogP) is 3.22. The lowest BCUT2D eigenvalue weighted by Crippen LogP contribution is -2.39. The van der Waals surface area contributed by atoms with Crippen LogP contribution in [0, 0.1) is 11.7 Å². The molecule has 15 heteroatoms. The van der Waals surface area contributed by atoms with E-state index in [-0.39, 0.29) is 28.3 Å². The van der Waals surface area contributed by atoms with Crippen molar-refractivity contribution in [3.05, 3.63) is 69.7 Å². The van der Waals surface area contributed by atoms with Gasteiger partial charge in [0.05, 0.1) is 42.6 Å². The molecule has 13 nitrogen and oxygen atoms in total. The van der Waals surface area contributed by atoms with Crippen LogP contribution in [0.15, 0.2) is 47.8 Å². The van der Waals surface area contributed by atoms with Crippen LogP contribution in [0.3, 0.4) is 0 Å². The molecule has 0 aliphatic heterocycles. The highest BCUT2D eigenvalue weighted by Crippen LogP contribution is 2.30. The third kappa shape index (κ3) is 6.50. The number of nitrogens with zero attached hydrogens (tertiary/aromatic N) is 5. The number of ether oxygens (including phenoxy) is 1. The standard InChI is InChI=1S/C29H31ClFN7O6/c1-15(26(40)35-23(13-39)17-6-19(31)10-21(8-17)44-2)37-14-33-38-12-18(9-24(38)27(37)41)25-22(30)11-32-29(36-25)34-20-5-3-4-16(7-20)28(42)43/h6,8-12,14-16,20,23,39H,3-5,7,13H2,1-2H3,(H,35,40)(H,42,43)(H,32,34,36)/t15?,16-,20+,23-/m1/s1. The fraction of sp³-hybridized carbons (Fsp3) is 0.379. The molecule has 0 saturated heterocycles. The van der Waals surface area contributed by atoms with Crippen molar-refractivity contribution in [1.82, 2.24) is 29.5 Å². The lowest BCUT2D eigenvalue weighted by atomic mass is 9.86. The molecule has 3 aromatic heterocycles. The van der Waals surface area contributed by atoms with Gasteiger partial charge < -0.3 is 25.6 Å². The summed E-state index contributed by atoms with van der Waals surface area (Å²) in [6.07, 6.45) is 6.86. The number of carboxylic acids is 1. The maximum atomic E-state index is 14.0. The summed E-state index contributed by atoms with van der Waals surface area (Å²) in [5, 5.41) is 29.6. The summed E-state index contributed by atoms with van der Waals surface area (Å²) in [6, 6.07) is 3.30. The summed E-state index contributed by atoms with van der Waals surface area (Å²) < 4.78 is 21.6. The van der Waals surface area contributed by atoms with E-state index in [4.69, 9.17) is 16.3 Å². The number of aliphatic hydroxyl groups is 1. The summed E-state index contributed by atoms with van der Waals surface area (Å²) in [4.78, 5) is 46.8. The third-order valence-corrected chi connectivity index (χ3v) is 8.03. The Morgan fingerprint density at radius 2 is 2.05 bits per heavy atom. The monoisotopic (exact) mass is 627 g/mol. The van der Waals surface area contributed by atoms with Gasteiger partial charge >= 0.3 is 5.97 Å². The SMILES string of the molecule is COc1cc(F)cc([C@@H](CO)NC(=O)C(C)n2cnn3cc(-c4nc(N[C@H]5CCC[C@@H](C(=O)O)C5)ncc4Cl)cc3c2=O)c1. The molecule has 1 aliphatic rings. The molecule has 0 bridgehead atoms. The zero-order valence-corrected chi connectivity index (χ0v) is 24.7. The van der Waals surface area contributed by atoms with E-state index in [9.17, 15) is 29.0 Å². The number of aliphatic carboxylic acids is 1. The van der Waals surface area contributed by atoms with Crippen molar-refractivity contribution in [1.29, 1.82) is 0 Å². The minimum absolute atomic E-state index is 0.109. The Kier molecular flexibility index (Phi) is 9.11. The van der Waals surface area contributed by atoms with Gasteiger partial charge in [-0.1, -0.05) is 18.0 Å². The molecule has 4 N–H and O–H groups in total. The van der Waals surface area contributed by atoms with Crippen LogP contribution in [0.2, 0.25) is 5.02 Å². The van der Waals surface area contributed by atoms with Gasteiger partial charge in [0.15, 0.2) is 0 Å². The van der Waals surface area contributed by atoms with Gasteiger partial charge in [-0.3, -0.25) is 19.0 Å². The van der Waals surface area contributed by atoms with Gasteiger partial charge in [0, 0.05) is 23.9 Å². The van der Waals surface area contributed by atoms with Crippen LogP contribution in [0.4, 0.5) is 10.3 Å². The van der Waals surface area contributed by atoms with Gasteiger partial charge in [-0.05, 0) is 49.9 Å². The molecule has 4 atom stereocenters. The van der Waals surface area contributed by atoms with Crippen molar-refractivity contribution < 1.29 is 28.9 Å². The lowest BCUT2D eigenvalue weighted by molar-refractivity contribution is -0.142. The first-order valence-corrected chi connectivity index (χ1v) is 14.3. The highest BCUT2D eigenvalue weighted by atomic mass is 35.5. The topological polar surface area (TPSA) is 173 Å². The highest BCUT2D eigenvalue weighted by Gasteiger charge is 2.28. The van der Waals surface area contributed by atoms with E-state index < -0.39 is 47.9 Å². The Bertz CT molecular complexity index is 1760. The molecule has 1 aliphatic carbocycles. The Morgan fingerprint density at radius 1 is 1.25 bits per heavy atom. The average Bonchev–Trinajstić information content (AvgIpc) is 3.45. The van der Waals surface area contributed by atoms with E-state index in [1.165, 1.54) is 49.3 Å². The second kappa shape index (κ2) is 13.0. The van der Waals surface area contributed by atoms with E-state index >= 15 is 0 Å². The number of hydrogen-bond acceptors (Lipinski definition) is 9. The number of benzene rings is 1. The zero-order chi connectivity index (χ0) is 31.5. The van der Waals surface area contributed by atoms with Gasteiger partial charge in [0.25, 0.3) is 5.56 Å². The molecular formula is C29H31ClFN7O6. The lowest BCUT2D eigenvalue weighted by Gasteiger charge is -2.27. The molecule has 1 aromatic carbocycles. The average molecular weight is 628 g/mol. The maximum absolute atomic E-state index is 14.0. The molecule has 44 heavy (non-hydrogen) atoms. The van der Waals surface area contributed by atoms with E-state index in [2.05, 4.69) is 25.7 Å². The number of carbonyl (C=O) groups excluding carboxylic acids is 1. The number of anilines is 1. The molecule has 232 valence electrons. The van der Waals surface area contributed by atoms with Gasteiger partial charge in [-0.15, -0.1) is 0 Å². The Morgan fingerprint density at radius 3 is 2.77 bits per heavy atom. The maximum Gasteiger partial charge on any atom is 0.306 e. The number of fused-ring (bicyclic) bond motifs is 1. The van der Waals surface area contributed by atoms with E-state index in [1.54, 1.807) is 12.3 Å². The smallest absolute Gasteiger partial charge is 0.306 e. The molecule has 4 aromatic rings. The number of nitrogens with one attached hydrogen (secondary N) is 2. The van der Waals surface area contributed by atoms with Crippen LogP contribution < -0.4 is 20.9 Å². The predicted molar refractivity (Wildman–Crippen MR) is 158 cm³/mol. The van der Waals surface area contributed by atoms with E-state index in [1.807, 2.05) is 0 Å². The van der Waals surface area contributed by atoms with Gasteiger partial charge in [0.2, 0.25) is 11.9 Å². The fourth-order valence-corrected chi connectivity index (χ4v) is 5.53. The van der Waals surface area contributed by atoms with Crippen molar-refractivity contribution in [2.45, 2.75) is 50.7 Å². The first kappa shape index (κ1) is 30.9. The van der Waals surface area contributed by atoms with Crippen LogP contribution in [-0.2, 0) is 9.59 Å². The normalized spacial score (nSPS) is 18.0. The Hall–Kier alpha value is -4.56.